The molecule has 0 fully saturated rings. The van der Waals surface area contributed by atoms with Gasteiger partial charge < -0.3 is 4.42 Å². The maximum absolute atomic E-state index is 6.41. The number of fused-ring (bicyclic) bond motifs is 16. The van der Waals surface area contributed by atoms with E-state index in [1.165, 1.54) is 109 Å². The molecule has 0 aliphatic heterocycles. The molecule has 0 radical (unpaired) electrons. The Kier molecular flexibility index (Phi) is 6.79. The SMILES string of the molecule is c1ccc2c(c1)c1ccccc1c1cc(-c3ccc4cc(-c5ccc6oc7ccc(-c8ccc9c%10ccccc%10c%10ccccc%10c9c8)cc7c6c5)ccc4c3)ccc21. The fourth-order valence-electron chi connectivity index (χ4n) is 9.92. The average molecular weight is 747 g/mol. The molecule has 12 aromatic carbocycles. The molecule has 1 aromatic heterocycles. The summed E-state index contributed by atoms with van der Waals surface area (Å²) in [4.78, 5) is 0. The predicted molar refractivity (Wildman–Crippen MR) is 253 cm³/mol. The van der Waals surface area contributed by atoms with Gasteiger partial charge >= 0.3 is 0 Å². The Morgan fingerprint density at radius 3 is 0.797 bits per heavy atom. The van der Waals surface area contributed by atoms with E-state index in [2.05, 4.69) is 206 Å². The lowest BCUT2D eigenvalue weighted by Crippen LogP contribution is -1.85. The van der Waals surface area contributed by atoms with Gasteiger partial charge in [0, 0.05) is 10.8 Å². The monoisotopic (exact) mass is 746 g/mol. The van der Waals surface area contributed by atoms with Gasteiger partial charge in [0.05, 0.1) is 0 Å². The molecule has 0 amide bonds. The van der Waals surface area contributed by atoms with Gasteiger partial charge in [0.2, 0.25) is 0 Å². The lowest BCUT2D eigenvalue weighted by Gasteiger charge is -2.12. The molecule has 272 valence electrons. The lowest BCUT2D eigenvalue weighted by atomic mass is 9.91. The first kappa shape index (κ1) is 32.4. The van der Waals surface area contributed by atoms with Crippen molar-refractivity contribution in [2.75, 3.05) is 0 Å². The van der Waals surface area contributed by atoms with E-state index in [0.717, 1.165) is 21.9 Å². The van der Waals surface area contributed by atoms with Crippen molar-refractivity contribution in [1.82, 2.24) is 0 Å². The molecule has 13 aromatic rings. The van der Waals surface area contributed by atoms with Crippen LogP contribution in [0.15, 0.2) is 211 Å². The molecule has 59 heavy (non-hydrogen) atoms. The summed E-state index contributed by atoms with van der Waals surface area (Å²) in [5.41, 5.74) is 9.00. The molecule has 0 aliphatic carbocycles. The molecule has 13 rings (SSSR count). The van der Waals surface area contributed by atoms with E-state index in [1.54, 1.807) is 0 Å². The van der Waals surface area contributed by atoms with E-state index in [-0.39, 0.29) is 0 Å². The lowest BCUT2D eigenvalue weighted by molar-refractivity contribution is 0.669. The molecular weight excluding hydrogens is 713 g/mol. The van der Waals surface area contributed by atoms with Crippen molar-refractivity contribution in [2.24, 2.45) is 0 Å². The van der Waals surface area contributed by atoms with E-state index in [0.29, 0.717) is 0 Å². The van der Waals surface area contributed by atoms with Crippen LogP contribution in [0, 0.1) is 0 Å². The second-order valence-corrected chi connectivity index (χ2v) is 16.0. The van der Waals surface area contributed by atoms with Gasteiger partial charge in [0.15, 0.2) is 0 Å². The first-order valence-electron chi connectivity index (χ1n) is 20.4. The average Bonchev–Trinajstić information content (AvgIpc) is 3.68. The van der Waals surface area contributed by atoms with E-state index in [9.17, 15) is 0 Å². The molecule has 0 saturated heterocycles. The second kappa shape index (κ2) is 12.4. The standard InChI is InChI=1S/C58H34O/c1-3-13-47-43(9-1)45-11-5-7-15-49(45)53-31-39(21-25-51(47)53)37-19-17-36-30-38(20-18-35(36)29-37)41-23-27-57-55(33-41)56-34-42(24-28-58(56)59-57)40-22-26-52-48-14-4-2-10-44(48)46-12-6-8-16-50(46)54(52)32-40/h1-34H. The van der Waals surface area contributed by atoms with Gasteiger partial charge in [-0.05, 0) is 157 Å². The van der Waals surface area contributed by atoms with E-state index in [4.69, 9.17) is 4.42 Å². The molecular formula is C58H34O. The summed E-state index contributed by atoms with van der Waals surface area (Å²) in [6.07, 6.45) is 0. The Morgan fingerprint density at radius 1 is 0.186 bits per heavy atom. The molecule has 1 heteroatoms. The van der Waals surface area contributed by atoms with Crippen LogP contribution >= 0.6 is 0 Å². The summed E-state index contributed by atoms with van der Waals surface area (Å²) in [7, 11) is 0. The molecule has 0 N–H and O–H groups in total. The van der Waals surface area contributed by atoms with Crippen LogP contribution in [-0.2, 0) is 0 Å². The summed E-state index contributed by atoms with van der Waals surface area (Å²) in [6, 6.07) is 75.9. The summed E-state index contributed by atoms with van der Waals surface area (Å²) in [5, 5.41) is 20.2. The van der Waals surface area contributed by atoms with Crippen molar-refractivity contribution in [3.05, 3.63) is 206 Å². The minimum atomic E-state index is 0.901. The molecule has 0 saturated carbocycles. The fourth-order valence-corrected chi connectivity index (χ4v) is 9.92. The van der Waals surface area contributed by atoms with Gasteiger partial charge in [-0.25, -0.2) is 0 Å². The van der Waals surface area contributed by atoms with Crippen molar-refractivity contribution in [3.63, 3.8) is 0 Å². The van der Waals surface area contributed by atoms with Crippen molar-refractivity contribution < 1.29 is 4.42 Å². The highest BCUT2D eigenvalue weighted by molar-refractivity contribution is 6.27. The minimum Gasteiger partial charge on any atom is -0.456 e. The van der Waals surface area contributed by atoms with E-state index >= 15 is 0 Å². The number of rotatable bonds is 3. The van der Waals surface area contributed by atoms with Gasteiger partial charge in [-0.15, -0.1) is 0 Å². The zero-order valence-corrected chi connectivity index (χ0v) is 32.0. The Morgan fingerprint density at radius 2 is 0.441 bits per heavy atom. The number of hydrogen-bond acceptors (Lipinski definition) is 1. The Hall–Kier alpha value is -7.74. The van der Waals surface area contributed by atoms with Gasteiger partial charge in [0.25, 0.3) is 0 Å². The topological polar surface area (TPSA) is 13.1 Å². The summed E-state index contributed by atoms with van der Waals surface area (Å²) in [6.45, 7) is 0. The summed E-state index contributed by atoms with van der Waals surface area (Å²) >= 11 is 0. The predicted octanol–water partition coefficient (Wildman–Crippen LogP) is 16.7. The van der Waals surface area contributed by atoms with Crippen molar-refractivity contribution in [1.29, 1.82) is 0 Å². The van der Waals surface area contributed by atoms with Crippen LogP contribution in [0.1, 0.15) is 0 Å². The van der Waals surface area contributed by atoms with Crippen molar-refractivity contribution in [2.45, 2.75) is 0 Å². The highest BCUT2D eigenvalue weighted by Gasteiger charge is 2.14. The highest BCUT2D eigenvalue weighted by Crippen LogP contribution is 2.41. The van der Waals surface area contributed by atoms with Crippen molar-refractivity contribution in [3.8, 4) is 33.4 Å². The third-order valence-corrected chi connectivity index (χ3v) is 12.8. The normalized spacial score (nSPS) is 12.1. The molecule has 0 aliphatic rings. The Balaban J connectivity index is 0.878. The largest absolute Gasteiger partial charge is 0.456 e. The number of furan rings is 1. The smallest absolute Gasteiger partial charge is 0.135 e. The van der Waals surface area contributed by atoms with Crippen molar-refractivity contribution >= 4 is 97.3 Å². The van der Waals surface area contributed by atoms with Gasteiger partial charge in [-0.3, -0.25) is 0 Å². The minimum absolute atomic E-state index is 0.901. The van der Waals surface area contributed by atoms with Crippen LogP contribution in [0.4, 0.5) is 0 Å². The number of hydrogen-bond donors (Lipinski definition) is 0. The Bertz CT molecular complexity index is 3830. The van der Waals surface area contributed by atoms with Gasteiger partial charge in [-0.1, -0.05) is 158 Å². The fraction of sp³-hybridized carbons (Fsp3) is 0. The third-order valence-electron chi connectivity index (χ3n) is 12.8. The molecule has 1 nitrogen and oxygen atoms in total. The molecule has 0 bridgehead atoms. The highest BCUT2D eigenvalue weighted by atomic mass is 16.3. The second-order valence-electron chi connectivity index (χ2n) is 16.0. The third kappa shape index (κ3) is 4.92. The zero-order chi connectivity index (χ0) is 38.6. The quantitative estimate of drug-likeness (QED) is 0.164. The van der Waals surface area contributed by atoms with E-state index in [1.807, 2.05) is 0 Å². The zero-order valence-electron chi connectivity index (χ0n) is 32.0. The van der Waals surface area contributed by atoms with Crippen LogP contribution in [0.5, 0.6) is 0 Å². The number of benzene rings is 12. The first-order chi connectivity index (χ1) is 29.2. The molecule has 0 unspecified atom stereocenters. The molecule has 0 atom stereocenters. The van der Waals surface area contributed by atoms with Crippen LogP contribution in [0.3, 0.4) is 0 Å². The Labute approximate surface area is 340 Å². The maximum Gasteiger partial charge on any atom is 0.135 e. The van der Waals surface area contributed by atoms with Crippen LogP contribution in [-0.4, -0.2) is 0 Å². The molecule has 1 heterocycles. The summed E-state index contributed by atoms with van der Waals surface area (Å²) in [5.74, 6) is 0. The van der Waals surface area contributed by atoms with Crippen LogP contribution in [0.25, 0.3) is 131 Å². The van der Waals surface area contributed by atoms with E-state index < -0.39 is 0 Å². The molecule has 0 spiro atoms. The van der Waals surface area contributed by atoms with Gasteiger partial charge in [-0.2, -0.15) is 0 Å². The van der Waals surface area contributed by atoms with Crippen LogP contribution in [0.2, 0.25) is 0 Å². The van der Waals surface area contributed by atoms with Gasteiger partial charge in [0.1, 0.15) is 11.2 Å². The van der Waals surface area contributed by atoms with Crippen LogP contribution < -0.4 is 0 Å². The first-order valence-corrected chi connectivity index (χ1v) is 20.4. The summed E-state index contributed by atoms with van der Waals surface area (Å²) < 4.78 is 6.41. The maximum atomic E-state index is 6.41.